The van der Waals surface area contributed by atoms with Gasteiger partial charge in [-0.3, -0.25) is 0 Å². The van der Waals surface area contributed by atoms with Gasteiger partial charge in [-0.05, 0) is 29.3 Å². The molecule has 0 aliphatic carbocycles. The summed E-state index contributed by atoms with van der Waals surface area (Å²) in [6.45, 7) is 1.06. The molecule has 1 fully saturated rings. The van der Waals surface area contributed by atoms with Crippen LogP contribution in [0.5, 0.6) is 11.5 Å². The minimum atomic E-state index is -0.661. The van der Waals surface area contributed by atoms with Gasteiger partial charge in [-0.15, -0.1) is 0 Å². The number of benzene rings is 2. The average Bonchev–Trinajstić information content (AvgIpc) is 3.17. The molecule has 1 aliphatic heterocycles. The van der Waals surface area contributed by atoms with Crippen molar-refractivity contribution in [1.82, 2.24) is 0 Å². The second kappa shape index (κ2) is 8.09. The maximum absolute atomic E-state index is 14.8. The minimum Gasteiger partial charge on any atom is -0.497 e. The van der Waals surface area contributed by atoms with Crippen LogP contribution in [-0.4, -0.2) is 26.6 Å². The fraction of sp³-hybridized carbons (Fsp3) is 0.316. The van der Waals surface area contributed by atoms with Gasteiger partial charge in [-0.25, -0.2) is 4.39 Å². The first-order chi connectivity index (χ1) is 12.2. The highest BCUT2D eigenvalue weighted by Crippen LogP contribution is 2.35. The zero-order valence-electron chi connectivity index (χ0n) is 13.9. The first kappa shape index (κ1) is 17.4. The van der Waals surface area contributed by atoms with Gasteiger partial charge < -0.3 is 23.7 Å². The van der Waals surface area contributed by atoms with Crippen LogP contribution in [0.3, 0.4) is 0 Å². The van der Waals surface area contributed by atoms with Gasteiger partial charge in [0.25, 0.3) is 0 Å². The number of carbonyl (C=O) groups is 1. The van der Waals surface area contributed by atoms with Crippen molar-refractivity contribution in [2.75, 3.05) is 20.3 Å². The molecule has 0 unspecified atom stereocenters. The minimum absolute atomic E-state index is 0.0165. The molecule has 132 valence electrons. The Hall–Kier alpha value is -2.44. The van der Waals surface area contributed by atoms with E-state index in [-0.39, 0.29) is 24.3 Å². The molecule has 0 N–H and O–H groups in total. The Morgan fingerprint density at radius 1 is 1.16 bits per heavy atom. The van der Waals surface area contributed by atoms with Gasteiger partial charge in [-0.1, -0.05) is 18.2 Å². The first-order valence-electron chi connectivity index (χ1n) is 7.96. The Bertz CT molecular complexity index is 723. The Labute approximate surface area is 145 Å². The molecule has 1 aliphatic rings. The molecule has 0 radical (unpaired) electrons. The van der Waals surface area contributed by atoms with Crippen LogP contribution in [0.15, 0.2) is 36.4 Å². The van der Waals surface area contributed by atoms with E-state index in [1.807, 2.05) is 24.3 Å². The third-order valence-corrected chi connectivity index (χ3v) is 3.93. The summed E-state index contributed by atoms with van der Waals surface area (Å²) in [6.07, 6.45) is -0.0173. The van der Waals surface area contributed by atoms with Crippen LogP contribution < -0.4 is 9.47 Å². The van der Waals surface area contributed by atoms with E-state index in [2.05, 4.69) is 0 Å². The van der Waals surface area contributed by atoms with E-state index in [0.29, 0.717) is 25.1 Å². The zero-order valence-corrected chi connectivity index (χ0v) is 13.9. The van der Waals surface area contributed by atoms with Crippen molar-refractivity contribution in [2.45, 2.75) is 19.3 Å². The number of hydrogen-bond acceptors (Lipinski definition) is 5. The smallest absolute Gasteiger partial charge is 0.187 e. The summed E-state index contributed by atoms with van der Waals surface area (Å²) in [7, 11) is 1.59. The van der Waals surface area contributed by atoms with Gasteiger partial charge in [0.1, 0.15) is 18.6 Å². The van der Waals surface area contributed by atoms with E-state index in [0.717, 1.165) is 11.3 Å². The zero-order chi connectivity index (χ0) is 17.6. The first-order valence-corrected chi connectivity index (χ1v) is 7.96. The number of hydrogen-bond donors (Lipinski definition) is 0. The number of aldehydes is 1. The van der Waals surface area contributed by atoms with Crippen LogP contribution in [-0.2, 0) is 27.3 Å². The predicted octanol–water partition coefficient (Wildman–Crippen LogP) is 3.20. The summed E-state index contributed by atoms with van der Waals surface area (Å²) in [5.41, 5.74) is 1.62. The Morgan fingerprint density at radius 2 is 1.88 bits per heavy atom. The molecule has 3 rings (SSSR count). The molecule has 25 heavy (non-hydrogen) atoms. The predicted molar refractivity (Wildman–Crippen MR) is 88.1 cm³/mol. The summed E-state index contributed by atoms with van der Waals surface area (Å²) in [6, 6.07) is 10.5. The SMILES string of the molecule is COc1ccc(COc2c(C3OCCO3)ccc(CC=O)c2F)cc1. The van der Waals surface area contributed by atoms with Crippen LogP contribution in [0, 0.1) is 5.82 Å². The maximum Gasteiger partial charge on any atom is 0.187 e. The van der Waals surface area contributed by atoms with E-state index in [1.165, 1.54) is 0 Å². The van der Waals surface area contributed by atoms with Crippen molar-refractivity contribution >= 4 is 6.29 Å². The van der Waals surface area contributed by atoms with Gasteiger partial charge in [-0.2, -0.15) is 0 Å². The van der Waals surface area contributed by atoms with E-state index in [1.54, 1.807) is 19.2 Å². The standard InChI is InChI=1S/C19H19FO5/c1-22-15-5-2-13(3-6-15)12-25-18-16(19-23-10-11-24-19)7-4-14(8-9-21)17(18)20/h2-7,9,19H,8,10-12H2,1H3. The van der Waals surface area contributed by atoms with E-state index in [4.69, 9.17) is 18.9 Å². The van der Waals surface area contributed by atoms with Crippen molar-refractivity contribution in [3.63, 3.8) is 0 Å². The molecule has 0 saturated carbocycles. The van der Waals surface area contributed by atoms with Crippen LogP contribution in [0.25, 0.3) is 0 Å². The lowest BCUT2D eigenvalue weighted by atomic mass is 10.1. The second-order valence-corrected chi connectivity index (χ2v) is 5.54. The highest BCUT2D eigenvalue weighted by molar-refractivity contribution is 5.56. The number of rotatable bonds is 7. The topological polar surface area (TPSA) is 54.0 Å². The number of halogens is 1. The summed E-state index contributed by atoms with van der Waals surface area (Å²) in [5.74, 6) is 0.232. The molecular weight excluding hydrogens is 327 g/mol. The lowest BCUT2D eigenvalue weighted by Crippen LogP contribution is -2.08. The van der Waals surface area contributed by atoms with E-state index in [9.17, 15) is 9.18 Å². The Morgan fingerprint density at radius 3 is 2.52 bits per heavy atom. The maximum atomic E-state index is 14.8. The van der Waals surface area contributed by atoms with Crippen LogP contribution in [0.2, 0.25) is 0 Å². The highest BCUT2D eigenvalue weighted by atomic mass is 19.1. The summed E-state index contributed by atoms with van der Waals surface area (Å²) < 4.78 is 36.6. The third kappa shape index (κ3) is 3.97. The fourth-order valence-corrected chi connectivity index (χ4v) is 2.61. The molecule has 0 spiro atoms. The van der Waals surface area contributed by atoms with E-state index < -0.39 is 12.1 Å². The van der Waals surface area contributed by atoms with E-state index >= 15 is 0 Å². The molecule has 0 atom stereocenters. The van der Waals surface area contributed by atoms with Crippen molar-refractivity contribution < 1.29 is 28.1 Å². The number of carbonyl (C=O) groups excluding carboxylic acids is 1. The lowest BCUT2D eigenvalue weighted by molar-refractivity contribution is -0.107. The normalized spacial score (nSPS) is 14.5. The van der Waals surface area contributed by atoms with Gasteiger partial charge >= 0.3 is 0 Å². The largest absolute Gasteiger partial charge is 0.497 e. The quantitative estimate of drug-likeness (QED) is 0.721. The van der Waals surface area contributed by atoms with Crippen molar-refractivity contribution in [1.29, 1.82) is 0 Å². The van der Waals surface area contributed by atoms with Crippen molar-refractivity contribution in [2.24, 2.45) is 0 Å². The molecule has 1 saturated heterocycles. The number of ether oxygens (including phenoxy) is 4. The van der Waals surface area contributed by atoms with Gasteiger partial charge in [0, 0.05) is 6.42 Å². The van der Waals surface area contributed by atoms with Crippen molar-refractivity contribution in [3.8, 4) is 11.5 Å². The molecule has 0 bridgehead atoms. The van der Waals surface area contributed by atoms with Gasteiger partial charge in [0.05, 0.1) is 25.9 Å². The molecule has 2 aromatic rings. The molecule has 0 aromatic heterocycles. The third-order valence-electron chi connectivity index (χ3n) is 3.93. The molecule has 6 heteroatoms. The van der Waals surface area contributed by atoms with Crippen LogP contribution >= 0.6 is 0 Å². The number of methoxy groups -OCH3 is 1. The summed E-state index contributed by atoms with van der Waals surface area (Å²) >= 11 is 0. The molecule has 5 nitrogen and oxygen atoms in total. The van der Waals surface area contributed by atoms with Gasteiger partial charge in [0.2, 0.25) is 0 Å². The van der Waals surface area contributed by atoms with Crippen molar-refractivity contribution in [3.05, 3.63) is 58.9 Å². The molecule has 0 amide bonds. The molecular formula is C19H19FO5. The van der Waals surface area contributed by atoms with Gasteiger partial charge in [0.15, 0.2) is 17.9 Å². The highest BCUT2D eigenvalue weighted by Gasteiger charge is 2.26. The summed E-state index contributed by atoms with van der Waals surface area (Å²) in [4.78, 5) is 10.7. The summed E-state index contributed by atoms with van der Waals surface area (Å²) in [5, 5.41) is 0. The second-order valence-electron chi connectivity index (χ2n) is 5.54. The molecule has 1 heterocycles. The monoisotopic (exact) mass is 346 g/mol. The Balaban J connectivity index is 1.85. The van der Waals surface area contributed by atoms with Crippen LogP contribution in [0.1, 0.15) is 23.0 Å². The molecule has 2 aromatic carbocycles. The average molecular weight is 346 g/mol. The Kier molecular flexibility index (Phi) is 5.63. The fourth-order valence-electron chi connectivity index (χ4n) is 2.61. The lowest BCUT2D eigenvalue weighted by Gasteiger charge is -2.18. The van der Waals surface area contributed by atoms with Crippen LogP contribution in [0.4, 0.5) is 4.39 Å².